The van der Waals surface area contributed by atoms with Crippen LogP contribution in [-0.4, -0.2) is 38.4 Å². The van der Waals surface area contributed by atoms with E-state index in [9.17, 15) is 9.59 Å². The third kappa shape index (κ3) is 4.58. The number of fused-ring (bicyclic) bond motifs is 1. The van der Waals surface area contributed by atoms with Gasteiger partial charge < -0.3 is 16.4 Å². The standard InChI is InChI=1S/C17H14ClNO.C8H11N5O/c1-2-13-11-12-7-6-10-15(18)16(12)17(20)19(13)14-8-4-3-5-9-14;9-6-5(4-11-8(10)12-6)7(14)13-2-1-3-13/h3-11H,2H2,1H3;4H,1-3H2,(H4,9,10,11,12). The Kier molecular flexibility index (Phi) is 6.79. The van der Waals surface area contributed by atoms with Crippen LogP contribution in [0.3, 0.4) is 0 Å². The maximum atomic E-state index is 12.8. The summed E-state index contributed by atoms with van der Waals surface area (Å²) in [5.41, 5.74) is 13.0. The lowest BCUT2D eigenvalue weighted by Gasteiger charge is -2.30. The van der Waals surface area contributed by atoms with Gasteiger partial charge in [-0.05, 0) is 42.5 Å². The van der Waals surface area contributed by atoms with E-state index in [2.05, 4.69) is 9.97 Å². The fourth-order valence-corrected chi connectivity index (χ4v) is 4.02. The molecule has 3 heterocycles. The number of anilines is 2. The van der Waals surface area contributed by atoms with Crippen LogP contribution < -0.4 is 17.0 Å². The minimum absolute atomic E-state index is 0.0591. The molecule has 2 aromatic carbocycles. The van der Waals surface area contributed by atoms with Gasteiger partial charge in [0, 0.05) is 30.7 Å². The van der Waals surface area contributed by atoms with Gasteiger partial charge in [-0.1, -0.05) is 48.9 Å². The van der Waals surface area contributed by atoms with Crippen molar-refractivity contribution in [2.45, 2.75) is 19.8 Å². The van der Waals surface area contributed by atoms with Crippen LogP contribution in [0.4, 0.5) is 11.8 Å². The number of halogens is 1. The maximum absolute atomic E-state index is 12.8. The summed E-state index contributed by atoms with van der Waals surface area (Å²) in [6, 6.07) is 17.3. The maximum Gasteiger partial charge on any atom is 0.264 e. The fourth-order valence-electron chi connectivity index (χ4n) is 3.76. The topological polar surface area (TPSA) is 120 Å². The number of nitrogens with zero attached hydrogens (tertiary/aromatic N) is 4. The zero-order chi connectivity index (χ0) is 24.2. The molecule has 1 fully saturated rings. The molecular weight excluding hydrogens is 452 g/mol. The number of likely N-dealkylation sites (tertiary alicyclic amines) is 1. The second kappa shape index (κ2) is 9.93. The molecule has 9 heteroatoms. The van der Waals surface area contributed by atoms with E-state index < -0.39 is 0 Å². The Hall–Kier alpha value is -3.91. The van der Waals surface area contributed by atoms with E-state index in [-0.39, 0.29) is 23.2 Å². The summed E-state index contributed by atoms with van der Waals surface area (Å²) < 4.78 is 1.74. The summed E-state index contributed by atoms with van der Waals surface area (Å²) in [5, 5.41) is 1.97. The molecule has 1 aliphatic rings. The predicted molar refractivity (Wildman–Crippen MR) is 135 cm³/mol. The van der Waals surface area contributed by atoms with Crippen LogP contribution in [0.15, 0.2) is 65.6 Å². The molecule has 5 rings (SSSR count). The second-order valence-corrected chi connectivity index (χ2v) is 8.25. The van der Waals surface area contributed by atoms with Crippen molar-refractivity contribution >= 4 is 40.0 Å². The van der Waals surface area contributed by atoms with Gasteiger partial charge in [0.25, 0.3) is 11.5 Å². The van der Waals surface area contributed by atoms with Crippen molar-refractivity contribution in [1.29, 1.82) is 0 Å². The quantitative estimate of drug-likeness (QED) is 0.465. The molecule has 0 atom stereocenters. The zero-order valence-electron chi connectivity index (χ0n) is 18.7. The van der Waals surface area contributed by atoms with E-state index in [1.54, 1.807) is 15.5 Å². The molecule has 1 aliphatic heterocycles. The first kappa shape index (κ1) is 23.3. The zero-order valence-corrected chi connectivity index (χ0v) is 19.5. The highest BCUT2D eigenvalue weighted by Crippen LogP contribution is 2.23. The first-order valence-corrected chi connectivity index (χ1v) is 11.3. The number of aryl methyl sites for hydroxylation is 1. The van der Waals surface area contributed by atoms with Crippen molar-refractivity contribution in [2.24, 2.45) is 0 Å². The molecule has 0 radical (unpaired) electrons. The molecule has 2 aromatic heterocycles. The molecule has 8 nitrogen and oxygen atoms in total. The Morgan fingerprint density at radius 2 is 1.82 bits per heavy atom. The molecule has 0 unspecified atom stereocenters. The van der Waals surface area contributed by atoms with Gasteiger partial charge in [0.2, 0.25) is 5.95 Å². The van der Waals surface area contributed by atoms with Crippen molar-refractivity contribution in [1.82, 2.24) is 19.4 Å². The van der Waals surface area contributed by atoms with Gasteiger partial charge in [-0.3, -0.25) is 14.2 Å². The van der Waals surface area contributed by atoms with Crippen molar-refractivity contribution in [3.63, 3.8) is 0 Å². The number of aromatic nitrogens is 3. The number of nitrogens with two attached hydrogens (primary N) is 2. The summed E-state index contributed by atoms with van der Waals surface area (Å²) >= 11 is 6.20. The monoisotopic (exact) mass is 476 g/mol. The molecule has 0 bridgehead atoms. The summed E-state index contributed by atoms with van der Waals surface area (Å²) in [4.78, 5) is 33.7. The predicted octanol–water partition coefficient (Wildman–Crippen LogP) is 3.69. The number of carbonyl (C=O) groups is 1. The number of benzene rings is 2. The van der Waals surface area contributed by atoms with E-state index in [0.29, 0.717) is 16.0 Å². The number of para-hydroxylation sites is 1. The molecule has 4 aromatic rings. The van der Waals surface area contributed by atoms with Crippen LogP contribution in [0.25, 0.3) is 16.5 Å². The Bertz CT molecular complexity index is 1400. The first-order chi connectivity index (χ1) is 16.4. The molecule has 174 valence electrons. The van der Waals surface area contributed by atoms with E-state index in [1.165, 1.54) is 6.20 Å². The minimum Gasteiger partial charge on any atom is -0.383 e. The van der Waals surface area contributed by atoms with Gasteiger partial charge in [0.1, 0.15) is 11.4 Å². The van der Waals surface area contributed by atoms with E-state index in [4.69, 9.17) is 23.1 Å². The molecule has 1 saturated heterocycles. The lowest BCUT2D eigenvalue weighted by atomic mass is 10.1. The highest BCUT2D eigenvalue weighted by Gasteiger charge is 2.24. The van der Waals surface area contributed by atoms with Crippen LogP contribution in [0.1, 0.15) is 29.4 Å². The summed E-state index contributed by atoms with van der Waals surface area (Å²) in [5.74, 6) is 0.116. The normalized spacial score (nSPS) is 12.6. The molecule has 0 spiro atoms. The minimum atomic E-state index is -0.117. The smallest absolute Gasteiger partial charge is 0.264 e. The summed E-state index contributed by atoms with van der Waals surface area (Å²) in [7, 11) is 0. The summed E-state index contributed by atoms with van der Waals surface area (Å²) in [6.45, 7) is 3.61. The number of rotatable bonds is 3. The van der Waals surface area contributed by atoms with Crippen molar-refractivity contribution < 1.29 is 4.79 Å². The fraction of sp³-hybridized carbons (Fsp3) is 0.200. The van der Waals surface area contributed by atoms with Gasteiger partial charge in [0.15, 0.2) is 0 Å². The van der Waals surface area contributed by atoms with Crippen LogP contribution >= 0.6 is 11.6 Å². The second-order valence-electron chi connectivity index (χ2n) is 7.84. The Morgan fingerprint density at radius 1 is 1.09 bits per heavy atom. The van der Waals surface area contributed by atoms with Crippen molar-refractivity contribution in [3.8, 4) is 5.69 Å². The number of hydrogen-bond acceptors (Lipinski definition) is 6. The summed E-state index contributed by atoms with van der Waals surface area (Å²) in [6.07, 6.45) is 3.20. The average Bonchev–Trinajstić information content (AvgIpc) is 2.78. The lowest BCUT2D eigenvalue weighted by molar-refractivity contribution is 0.0652. The Balaban J connectivity index is 0.000000172. The van der Waals surface area contributed by atoms with Crippen LogP contribution in [-0.2, 0) is 6.42 Å². The van der Waals surface area contributed by atoms with Gasteiger partial charge in [0.05, 0.1) is 10.4 Å². The van der Waals surface area contributed by atoms with Gasteiger partial charge in [-0.25, -0.2) is 4.98 Å². The average molecular weight is 477 g/mol. The van der Waals surface area contributed by atoms with Crippen LogP contribution in [0.2, 0.25) is 5.02 Å². The largest absolute Gasteiger partial charge is 0.383 e. The van der Waals surface area contributed by atoms with Gasteiger partial charge in [-0.2, -0.15) is 4.98 Å². The highest BCUT2D eigenvalue weighted by molar-refractivity contribution is 6.35. The number of amides is 1. The van der Waals surface area contributed by atoms with Crippen LogP contribution in [0, 0.1) is 0 Å². The molecule has 34 heavy (non-hydrogen) atoms. The highest BCUT2D eigenvalue weighted by atomic mass is 35.5. The lowest BCUT2D eigenvalue weighted by Crippen LogP contribution is -2.42. The van der Waals surface area contributed by atoms with Gasteiger partial charge in [-0.15, -0.1) is 0 Å². The molecule has 0 aliphatic carbocycles. The number of carbonyl (C=O) groups excluding carboxylic acids is 1. The Labute approximate surface area is 201 Å². The van der Waals surface area contributed by atoms with E-state index in [0.717, 1.165) is 42.7 Å². The SMILES string of the molecule is CCc1cc2cccc(Cl)c2c(=O)n1-c1ccccc1.Nc1ncc(C(=O)N2CCC2)c(N)n1. The third-order valence-electron chi connectivity index (χ3n) is 5.66. The number of nitrogen functional groups attached to an aromatic ring is 2. The number of hydrogen-bond donors (Lipinski definition) is 2. The van der Waals surface area contributed by atoms with E-state index in [1.807, 2.05) is 55.5 Å². The Morgan fingerprint density at radius 3 is 2.44 bits per heavy atom. The van der Waals surface area contributed by atoms with Gasteiger partial charge >= 0.3 is 0 Å². The molecule has 1 amide bonds. The molecule has 4 N–H and O–H groups in total. The van der Waals surface area contributed by atoms with Crippen LogP contribution in [0.5, 0.6) is 0 Å². The third-order valence-corrected chi connectivity index (χ3v) is 5.97. The van der Waals surface area contributed by atoms with Crippen molar-refractivity contribution in [3.05, 3.63) is 87.4 Å². The number of pyridine rings is 1. The molecule has 0 saturated carbocycles. The molecular formula is C25H25ClN6O2. The first-order valence-electron chi connectivity index (χ1n) is 11.0. The van der Waals surface area contributed by atoms with Crippen molar-refractivity contribution in [2.75, 3.05) is 24.6 Å². The van der Waals surface area contributed by atoms with E-state index >= 15 is 0 Å².